The van der Waals surface area contributed by atoms with Crippen LogP contribution in [0.5, 0.6) is 0 Å². The Hall–Kier alpha value is -2.22. The van der Waals surface area contributed by atoms with E-state index < -0.39 is 11.6 Å². The zero-order valence-corrected chi connectivity index (χ0v) is 14.9. The second-order valence-corrected chi connectivity index (χ2v) is 6.90. The van der Waals surface area contributed by atoms with Gasteiger partial charge in [-0.2, -0.15) is 4.37 Å². The Morgan fingerprint density at radius 1 is 1.40 bits per heavy atom. The fourth-order valence-electron chi connectivity index (χ4n) is 3.05. The molecule has 8 heteroatoms. The summed E-state index contributed by atoms with van der Waals surface area (Å²) in [7, 11) is 1.76. The van der Waals surface area contributed by atoms with Gasteiger partial charge < -0.3 is 15.5 Å². The maximum Gasteiger partial charge on any atom is 0.256 e. The fourth-order valence-corrected chi connectivity index (χ4v) is 3.79. The summed E-state index contributed by atoms with van der Waals surface area (Å²) in [5.74, 6) is -1.55. The van der Waals surface area contributed by atoms with Gasteiger partial charge >= 0.3 is 0 Å². The normalized spacial score (nSPS) is 17.0. The molecule has 0 spiro atoms. The average Bonchev–Trinajstić information content (AvgIpc) is 3.21. The van der Waals surface area contributed by atoms with E-state index in [1.807, 2.05) is 11.8 Å². The van der Waals surface area contributed by atoms with Gasteiger partial charge in [-0.1, -0.05) is 0 Å². The van der Waals surface area contributed by atoms with Gasteiger partial charge in [-0.05, 0) is 42.9 Å². The summed E-state index contributed by atoms with van der Waals surface area (Å²) in [6, 6.07) is 3.94. The zero-order chi connectivity index (χ0) is 18.0. The monoisotopic (exact) mass is 366 g/mol. The predicted octanol–water partition coefficient (Wildman–Crippen LogP) is 3.03. The number of nitrogens with one attached hydrogen (secondary N) is 2. The number of carbonyl (C=O) groups is 1. The van der Waals surface area contributed by atoms with Crippen molar-refractivity contribution < 1.29 is 13.6 Å². The Labute approximate surface area is 149 Å². The number of anilines is 2. The molecule has 2 heterocycles. The van der Waals surface area contributed by atoms with Crippen LogP contribution >= 0.6 is 11.5 Å². The SMILES string of the molecule is CNc1snc(C)c1C(=O)NC[C@H]1CCN(c2ccc(F)c(F)c2)C1. The minimum Gasteiger partial charge on any atom is -0.378 e. The highest BCUT2D eigenvalue weighted by Gasteiger charge is 2.25. The van der Waals surface area contributed by atoms with Crippen LogP contribution in [0.3, 0.4) is 0 Å². The second kappa shape index (κ2) is 7.35. The van der Waals surface area contributed by atoms with Crippen LogP contribution in [0.1, 0.15) is 22.5 Å². The standard InChI is InChI=1S/C17H20F2N4OS/c1-10-15(17(20-2)25-22-10)16(24)21-8-11-5-6-23(9-11)12-3-4-13(18)14(19)7-12/h3-4,7,11,20H,5-6,8-9H2,1-2H3,(H,21,24)/t11-/m1/s1. The molecule has 0 unspecified atom stereocenters. The first-order valence-corrected chi connectivity index (χ1v) is 8.89. The van der Waals surface area contributed by atoms with Crippen molar-refractivity contribution in [1.29, 1.82) is 0 Å². The molecular weight excluding hydrogens is 346 g/mol. The maximum atomic E-state index is 13.4. The van der Waals surface area contributed by atoms with Crippen molar-refractivity contribution in [3.8, 4) is 0 Å². The number of carbonyl (C=O) groups excluding carboxylic acids is 1. The van der Waals surface area contributed by atoms with Gasteiger partial charge in [-0.15, -0.1) is 0 Å². The van der Waals surface area contributed by atoms with Gasteiger partial charge in [0.1, 0.15) is 5.00 Å². The number of hydrogen-bond acceptors (Lipinski definition) is 5. The quantitative estimate of drug-likeness (QED) is 0.854. The van der Waals surface area contributed by atoms with Crippen LogP contribution in [0.15, 0.2) is 18.2 Å². The summed E-state index contributed by atoms with van der Waals surface area (Å²) in [4.78, 5) is 14.4. The van der Waals surface area contributed by atoms with Crippen LogP contribution in [0, 0.1) is 24.5 Å². The van der Waals surface area contributed by atoms with E-state index in [1.54, 1.807) is 13.1 Å². The third-order valence-corrected chi connectivity index (χ3v) is 5.38. The first-order valence-electron chi connectivity index (χ1n) is 8.11. The Morgan fingerprint density at radius 2 is 2.20 bits per heavy atom. The molecule has 1 aromatic carbocycles. The topological polar surface area (TPSA) is 57.3 Å². The van der Waals surface area contributed by atoms with Gasteiger partial charge in [0.15, 0.2) is 11.6 Å². The lowest BCUT2D eigenvalue weighted by molar-refractivity contribution is 0.0948. The van der Waals surface area contributed by atoms with E-state index in [1.165, 1.54) is 17.6 Å². The number of rotatable bonds is 5. The summed E-state index contributed by atoms with van der Waals surface area (Å²) in [5.41, 5.74) is 1.97. The molecule has 0 bridgehead atoms. The summed E-state index contributed by atoms with van der Waals surface area (Å²) in [5, 5.41) is 6.70. The highest BCUT2D eigenvalue weighted by molar-refractivity contribution is 7.10. The van der Waals surface area contributed by atoms with E-state index in [0.717, 1.165) is 24.0 Å². The van der Waals surface area contributed by atoms with E-state index in [9.17, 15) is 13.6 Å². The molecule has 2 N–H and O–H groups in total. The highest BCUT2D eigenvalue weighted by Crippen LogP contribution is 2.26. The first kappa shape index (κ1) is 17.6. The van der Waals surface area contributed by atoms with Crippen molar-refractivity contribution in [2.75, 3.05) is 36.9 Å². The highest BCUT2D eigenvalue weighted by atomic mass is 32.1. The van der Waals surface area contributed by atoms with Gasteiger partial charge in [0.2, 0.25) is 0 Å². The number of amides is 1. The van der Waals surface area contributed by atoms with E-state index in [2.05, 4.69) is 15.0 Å². The van der Waals surface area contributed by atoms with Crippen molar-refractivity contribution in [3.05, 3.63) is 41.1 Å². The van der Waals surface area contributed by atoms with E-state index in [-0.39, 0.29) is 11.8 Å². The molecule has 1 amide bonds. The van der Waals surface area contributed by atoms with Gasteiger partial charge in [0.05, 0.1) is 11.3 Å². The van der Waals surface area contributed by atoms with Crippen LogP contribution in [0.2, 0.25) is 0 Å². The third kappa shape index (κ3) is 3.73. The molecule has 0 radical (unpaired) electrons. The van der Waals surface area contributed by atoms with E-state index in [0.29, 0.717) is 30.0 Å². The largest absolute Gasteiger partial charge is 0.378 e. The van der Waals surface area contributed by atoms with Gasteiger partial charge in [0, 0.05) is 38.4 Å². The number of halogens is 2. The molecule has 0 aliphatic carbocycles. The van der Waals surface area contributed by atoms with Crippen molar-refractivity contribution in [2.24, 2.45) is 5.92 Å². The minimum absolute atomic E-state index is 0.137. The summed E-state index contributed by atoms with van der Waals surface area (Å²) < 4.78 is 30.6. The van der Waals surface area contributed by atoms with Crippen LogP contribution in [0.4, 0.5) is 19.5 Å². The molecule has 1 aromatic heterocycles. The lowest BCUT2D eigenvalue weighted by Crippen LogP contribution is -2.31. The molecule has 25 heavy (non-hydrogen) atoms. The number of benzene rings is 1. The van der Waals surface area contributed by atoms with Gasteiger partial charge in [-0.25, -0.2) is 8.78 Å². The summed E-state index contributed by atoms with van der Waals surface area (Å²) in [6.45, 7) is 3.81. The maximum absolute atomic E-state index is 13.4. The van der Waals surface area contributed by atoms with Gasteiger partial charge in [0.25, 0.3) is 5.91 Å². The van der Waals surface area contributed by atoms with Gasteiger partial charge in [-0.3, -0.25) is 4.79 Å². The van der Waals surface area contributed by atoms with Crippen LogP contribution in [-0.4, -0.2) is 37.0 Å². The molecule has 2 aromatic rings. The minimum atomic E-state index is -0.841. The Kier molecular flexibility index (Phi) is 5.17. The number of aryl methyl sites for hydroxylation is 1. The molecule has 1 atom stereocenters. The predicted molar refractivity (Wildman–Crippen MR) is 95.4 cm³/mol. The molecule has 1 aliphatic heterocycles. The van der Waals surface area contributed by atoms with E-state index >= 15 is 0 Å². The number of hydrogen-bond donors (Lipinski definition) is 2. The Bertz CT molecular complexity index is 780. The Morgan fingerprint density at radius 3 is 2.92 bits per heavy atom. The molecule has 134 valence electrons. The third-order valence-electron chi connectivity index (χ3n) is 4.42. The van der Waals surface area contributed by atoms with E-state index in [4.69, 9.17) is 0 Å². The summed E-state index contributed by atoms with van der Waals surface area (Å²) >= 11 is 1.27. The lowest BCUT2D eigenvalue weighted by atomic mass is 10.1. The zero-order valence-electron chi connectivity index (χ0n) is 14.1. The molecule has 1 saturated heterocycles. The van der Waals surface area contributed by atoms with Crippen molar-refractivity contribution in [2.45, 2.75) is 13.3 Å². The van der Waals surface area contributed by atoms with Crippen LogP contribution in [-0.2, 0) is 0 Å². The first-order chi connectivity index (χ1) is 12.0. The van der Waals surface area contributed by atoms with Crippen molar-refractivity contribution in [1.82, 2.24) is 9.69 Å². The molecule has 1 fully saturated rings. The smallest absolute Gasteiger partial charge is 0.256 e. The van der Waals surface area contributed by atoms with Crippen molar-refractivity contribution >= 4 is 28.1 Å². The lowest BCUT2D eigenvalue weighted by Gasteiger charge is -2.19. The van der Waals surface area contributed by atoms with Crippen LogP contribution in [0.25, 0.3) is 0 Å². The number of nitrogens with zero attached hydrogens (tertiary/aromatic N) is 2. The fraction of sp³-hybridized carbons (Fsp3) is 0.412. The molecule has 1 aliphatic rings. The van der Waals surface area contributed by atoms with Crippen molar-refractivity contribution in [3.63, 3.8) is 0 Å². The molecular formula is C17H20F2N4OS. The molecule has 3 rings (SSSR count). The number of aromatic nitrogens is 1. The summed E-state index contributed by atoms with van der Waals surface area (Å²) in [6.07, 6.45) is 0.888. The average molecular weight is 366 g/mol. The van der Waals surface area contributed by atoms with Crippen LogP contribution < -0.4 is 15.5 Å². The molecule has 0 saturated carbocycles. The second-order valence-electron chi connectivity index (χ2n) is 6.13. The Balaban J connectivity index is 1.57. The molecule has 5 nitrogen and oxygen atoms in total.